The Kier molecular flexibility index (Phi) is 6.44. The highest BCUT2D eigenvalue weighted by atomic mass is 35.5. The van der Waals surface area contributed by atoms with Gasteiger partial charge in [0.1, 0.15) is 5.03 Å². The maximum atomic E-state index is 13.6. The summed E-state index contributed by atoms with van der Waals surface area (Å²) in [7, 11) is -3.84. The van der Waals surface area contributed by atoms with E-state index in [0.29, 0.717) is 53.5 Å². The fourth-order valence-electron chi connectivity index (χ4n) is 4.71. The van der Waals surface area contributed by atoms with Crippen LogP contribution in [-0.4, -0.2) is 86.0 Å². The van der Waals surface area contributed by atoms with Crippen LogP contribution in [0, 0.1) is 0 Å². The van der Waals surface area contributed by atoms with Gasteiger partial charge in [-0.25, -0.2) is 13.4 Å². The Labute approximate surface area is 221 Å². The second kappa shape index (κ2) is 9.76. The Balaban J connectivity index is 1.26. The van der Waals surface area contributed by atoms with E-state index in [1.807, 2.05) is 0 Å². The number of hydrogen-bond acceptors (Lipinski definition) is 9. The number of carbonyl (C=O) groups is 1. The van der Waals surface area contributed by atoms with Gasteiger partial charge in [0.2, 0.25) is 0 Å². The van der Waals surface area contributed by atoms with E-state index < -0.39 is 16.1 Å². The lowest BCUT2D eigenvalue weighted by Crippen LogP contribution is -2.56. The van der Waals surface area contributed by atoms with Crippen LogP contribution in [0.5, 0.6) is 0 Å². The number of rotatable bonds is 6. The van der Waals surface area contributed by atoms with Crippen LogP contribution >= 0.6 is 22.9 Å². The third-order valence-corrected chi connectivity index (χ3v) is 9.69. The van der Waals surface area contributed by atoms with Gasteiger partial charge in [-0.1, -0.05) is 11.6 Å². The molecule has 0 bridgehead atoms. The zero-order valence-corrected chi connectivity index (χ0v) is 22.0. The molecule has 5 heterocycles. The molecule has 15 heteroatoms. The number of fused-ring (bicyclic) bond motifs is 2. The van der Waals surface area contributed by atoms with E-state index in [1.165, 1.54) is 26.8 Å². The number of tetrazole rings is 1. The summed E-state index contributed by atoms with van der Waals surface area (Å²) in [6, 6.07) is 6.36. The number of sulfonamides is 1. The average Bonchev–Trinajstić information content (AvgIpc) is 3.66. The molecule has 1 saturated heterocycles. The number of piperazine rings is 1. The summed E-state index contributed by atoms with van der Waals surface area (Å²) in [6.45, 7) is 1.97. The lowest BCUT2D eigenvalue weighted by molar-refractivity contribution is 0.0538. The van der Waals surface area contributed by atoms with Gasteiger partial charge in [-0.3, -0.25) is 4.79 Å². The van der Waals surface area contributed by atoms with Crippen LogP contribution in [0.15, 0.2) is 35.6 Å². The number of aromatic amines is 1. The van der Waals surface area contributed by atoms with E-state index in [1.54, 1.807) is 29.2 Å². The van der Waals surface area contributed by atoms with Crippen molar-refractivity contribution in [3.05, 3.63) is 51.2 Å². The Hall–Kier alpha value is -2.91. The number of ether oxygens (including phenoxy) is 1. The number of halogens is 1. The Morgan fingerprint density at radius 1 is 1.27 bits per heavy atom. The van der Waals surface area contributed by atoms with Crippen LogP contribution in [0.3, 0.4) is 0 Å². The van der Waals surface area contributed by atoms with Gasteiger partial charge in [-0.2, -0.15) is 9.10 Å². The number of benzene rings is 1. The van der Waals surface area contributed by atoms with Crippen molar-refractivity contribution in [3.63, 3.8) is 0 Å². The van der Waals surface area contributed by atoms with Gasteiger partial charge in [0.05, 0.1) is 30.3 Å². The lowest BCUT2D eigenvalue weighted by atomic mass is 10.1. The molecule has 0 radical (unpaired) electrons. The lowest BCUT2D eigenvalue weighted by Gasteiger charge is -2.40. The predicted octanol–water partition coefficient (Wildman–Crippen LogP) is 1.94. The first-order valence-electron chi connectivity index (χ1n) is 11.7. The van der Waals surface area contributed by atoms with Crippen LogP contribution in [0.1, 0.15) is 26.8 Å². The van der Waals surface area contributed by atoms with Crippen molar-refractivity contribution in [1.29, 1.82) is 0 Å². The first-order chi connectivity index (χ1) is 17.9. The number of aromatic nitrogens is 6. The van der Waals surface area contributed by atoms with Gasteiger partial charge < -0.3 is 14.6 Å². The molecule has 0 aliphatic carbocycles. The molecule has 37 heavy (non-hydrogen) atoms. The van der Waals surface area contributed by atoms with Crippen molar-refractivity contribution in [3.8, 4) is 0 Å². The van der Waals surface area contributed by atoms with Crippen LogP contribution in [0.2, 0.25) is 5.02 Å². The summed E-state index contributed by atoms with van der Waals surface area (Å²) in [5.41, 5.74) is 1.59. The second-order valence-electron chi connectivity index (χ2n) is 8.89. The van der Waals surface area contributed by atoms with Gasteiger partial charge in [-0.05, 0) is 35.9 Å². The number of H-pyrrole nitrogens is 1. The standard InChI is InChI=1S/C22H23ClN8O4S2/c23-15-1-2-17-14(9-15)10-20(26-17)37(33,34)29-6-7-30(16(11-29)3-5-31-25-13-24-28-31)22(32)21-27-18-4-8-35-12-19(18)36-21/h1-2,9-10,13,16,26H,3-8,11-12H2. The first-order valence-corrected chi connectivity index (χ1v) is 14.4. The molecule has 2 aliphatic rings. The number of nitrogens with one attached hydrogen (secondary N) is 1. The Morgan fingerprint density at radius 3 is 2.97 bits per heavy atom. The molecule has 1 unspecified atom stereocenters. The minimum absolute atomic E-state index is 0.0915. The maximum Gasteiger partial charge on any atom is 0.283 e. The number of hydrogen-bond donors (Lipinski definition) is 1. The molecule has 1 atom stereocenters. The summed E-state index contributed by atoms with van der Waals surface area (Å²) >= 11 is 7.42. The van der Waals surface area contributed by atoms with E-state index in [9.17, 15) is 13.2 Å². The summed E-state index contributed by atoms with van der Waals surface area (Å²) in [5, 5.41) is 13.4. The molecule has 0 saturated carbocycles. The summed E-state index contributed by atoms with van der Waals surface area (Å²) in [4.78, 5) is 25.3. The van der Waals surface area contributed by atoms with Crippen molar-refractivity contribution in [2.75, 3.05) is 26.2 Å². The number of carbonyl (C=O) groups excluding carboxylic acids is 1. The SMILES string of the molecule is O=C(c1nc2c(s1)COCC2)N1CCN(S(=O)(=O)c2cc3cc(Cl)ccc3[nH]2)CC1CCn1ncnn1. The predicted molar refractivity (Wildman–Crippen MR) is 135 cm³/mol. The maximum absolute atomic E-state index is 13.6. The smallest absolute Gasteiger partial charge is 0.283 e. The van der Waals surface area contributed by atoms with Crippen LogP contribution < -0.4 is 0 Å². The van der Waals surface area contributed by atoms with Crippen LogP contribution in [0.25, 0.3) is 10.9 Å². The van der Waals surface area contributed by atoms with E-state index >= 15 is 0 Å². The van der Waals surface area contributed by atoms with Gasteiger partial charge in [0.15, 0.2) is 11.3 Å². The van der Waals surface area contributed by atoms with Crippen molar-refractivity contribution in [2.24, 2.45) is 0 Å². The highest BCUT2D eigenvalue weighted by molar-refractivity contribution is 7.89. The molecular weight excluding hydrogens is 540 g/mol. The van der Waals surface area contributed by atoms with E-state index in [-0.39, 0.29) is 30.6 Å². The molecule has 1 N–H and O–H groups in total. The minimum atomic E-state index is -3.84. The van der Waals surface area contributed by atoms with Gasteiger partial charge >= 0.3 is 0 Å². The summed E-state index contributed by atoms with van der Waals surface area (Å²) in [5.74, 6) is -0.201. The fourth-order valence-corrected chi connectivity index (χ4v) is 7.37. The molecule has 3 aromatic heterocycles. The Bertz CT molecular complexity index is 1530. The number of nitrogens with zero attached hydrogens (tertiary/aromatic N) is 7. The van der Waals surface area contributed by atoms with Crippen LogP contribution in [-0.2, 0) is 34.3 Å². The normalized spacial score (nSPS) is 18.8. The number of amides is 1. The molecule has 6 rings (SSSR count). The van der Waals surface area contributed by atoms with E-state index in [4.69, 9.17) is 16.3 Å². The van der Waals surface area contributed by atoms with Gasteiger partial charge in [0, 0.05) is 48.0 Å². The van der Waals surface area contributed by atoms with Crippen molar-refractivity contribution >= 4 is 49.8 Å². The molecule has 12 nitrogen and oxygen atoms in total. The fraction of sp³-hybridized carbons (Fsp3) is 0.409. The number of aryl methyl sites for hydroxylation is 1. The molecule has 1 aromatic carbocycles. The Morgan fingerprint density at radius 2 is 2.16 bits per heavy atom. The topological polar surface area (TPSA) is 139 Å². The monoisotopic (exact) mass is 562 g/mol. The zero-order valence-electron chi connectivity index (χ0n) is 19.6. The first kappa shape index (κ1) is 24.4. The molecule has 1 fully saturated rings. The molecule has 0 spiro atoms. The molecule has 2 aliphatic heterocycles. The second-order valence-corrected chi connectivity index (χ2v) is 12.3. The molecular formula is C22H23ClN8O4S2. The van der Waals surface area contributed by atoms with Crippen molar-refractivity contribution < 1.29 is 17.9 Å². The zero-order chi connectivity index (χ0) is 25.6. The third kappa shape index (κ3) is 4.75. The largest absolute Gasteiger partial charge is 0.375 e. The highest BCUT2D eigenvalue weighted by Crippen LogP contribution is 2.29. The van der Waals surface area contributed by atoms with Crippen molar-refractivity contribution in [2.45, 2.75) is 37.1 Å². The summed E-state index contributed by atoms with van der Waals surface area (Å²) in [6.07, 6.45) is 2.47. The van der Waals surface area contributed by atoms with Crippen molar-refractivity contribution in [1.82, 2.24) is 39.4 Å². The molecule has 1 amide bonds. The minimum Gasteiger partial charge on any atom is -0.375 e. The summed E-state index contributed by atoms with van der Waals surface area (Å²) < 4.78 is 34.1. The molecule has 4 aromatic rings. The van der Waals surface area contributed by atoms with E-state index in [0.717, 1.165) is 10.6 Å². The van der Waals surface area contributed by atoms with Gasteiger partial charge in [0.25, 0.3) is 15.9 Å². The third-order valence-electron chi connectivity index (χ3n) is 6.61. The quantitative estimate of drug-likeness (QED) is 0.376. The van der Waals surface area contributed by atoms with Crippen LogP contribution in [0.4, 0.5) is 0 Å². The molecule has 194 valence electrons. The highest BCUT2D eigenvalue weighted by Gasteiger charge is 2.38. The van der Waals surface area contributed by atoms with Gasteiger partial charge in [-0.15, -0.1) is 21.5 Å². The average molecular weight is 563 g/mol. The van der Waals surface area contributed by atoms with E-state index in [2.05, 4.69) is 25.4 Å². The number of thiazole rings is 1.